The number of esters is 1. The molecule has 0 fully saturated rings. The SMILES string of the molecule is COC(=O)c1cc(Oc2ccc(Cl)cc2Cl)ccc1[N+](=O)[O-].CSc1nnc(C(C)(C)C)c(=O)n1N.C[S+](C)C.O=C(O)CNCP(=O)([O-])O. The Bertz CT molecular complexity index is 1720. The van der Waals surface area contributed by atoms with Crippen LogP contribution in [-0.2, 0) is 30.4 Å². The number of carbonyl (C=O) groups is 2. The Morgan fingerprint density at radius 2 is 1.74 bits per heavy atom. The minimum absolute atomic E-state index is 0.204. The predicted octanol–water partition coefficient (Wildman–Crippen LogP) is 3.51. The lowest BCUT2D eigenvalue weighted by Gasteiger charge is -2.16. The van der Waals surface area contributed by atoms with E-state index in [0.29, 0.717) is 32.5 Å². The van der Waals surface area contributed by atoms with Crippen LogP contribution in [-0.4, -0.2) is 86.7 Å². The van der Waals surface area contributed by atoms with E-state index < -0.39 is 37.3 Å². The Morgan fingerprint density at radius 1 is 1.16 bits per heavy atom. The molecule has 0 saturated carbocycles. The molecule has 0 radical (unpaired) electrons. The van der Waals surface area contributed by atoms with Gasteiger partial charge in [0, 0.05) is 22.6 Å². The highest BCUT2D eigenvalue weighted by Gasteiger charge is 2.23. The predicted molar refractivity (Wildman–Crippen MR) is 193 cm³/mol. The number of hydrogen-bond donors (Lipinski definition) is 4. The molecule has 0 bridgehead atoms. The number of benzene rings is 2. The highest BCUT2D eigenvalue weighted by atomic mass is 35.5. The summed E-state index contributed by atoms with van der Waals surface area (Å²) in [5.74, 6) is 4.07. The Balaban J connectivity index is 0.000000735. The third kappa shape index (κ3) is 18.0. The largest absolute Gasteiger partial charge is 0.778 e. The van der Waals surface area contributed by atoms with Crippen molar-refractivity contribution in [3.63, 3.8) is 0 Å². The van der Waals surface area contributed by atoms with Gasteiger partial charge in [0.15, 0.2) is 0 Å². The van der Waals surface area contributed by atoms with Gasteiger partial charge in [0.2, 0.25) is 5.16 Å². The molecule has 0 aliphatic rings. The van der Waals surface area contributed by atoms with Crippen LogP contribution in [0.4, 0.5) is 5.69 Å². The number of thioether (sulfide) groups is 1. The van der Waals surface area contributed by atoms with E-state index >= 15 is 0 Å². The highest BCUT2D eigenvalue weighted by molar-refractivity contribution is 7.98. The zero-order valence-corrected chi connectivity index (χ0v) is 32.4. The second-order valence-electron chi connectivity index (χ2n) is 10.9. The number of carboxylic acids is 1. The third-order valence-electron chi connectivity index (χ3n) is 5.04. The molecule has 3 aromatic rings. The zero-order valence-electron chi connectivity index (χ0n) is 28.3. The number of carbonyl (C=O) groups excluding carboxylic acids is 1. The summed E-state index contributed by atoms with van der Waals surface area (Å²) in [7, 11) is -2.57. The molecule has 1 atom stereocenters. The smallest absolute Gasteiger partial charge is 0.345 e. The molecule has 0 spiro atoms. The number of nitrogens with two attached hydrogens (primary N) is 1. The fourth-order valence-corrected chi connectivity index (χ4v) is 4.24. The Kier molecular flexibility index (Phi) is 20.2. The first-order valence-electron chi connectivity index (χ1n) is 13.7. The van der Waals surface area contributed by atoms with E-state index in [1.807, 2.05) is 26.1 Å². The summed E-state index contributed by atoms with van der Waals surface area (Å²) >= 11 is 13.1. The molecule has 5 N–H and O–H groups in total. The van der Waals surface area contributed by atoms with Crippen LogP contribution in [0.3, 0.4) is 0 Å². The Labute approximate surface area is 305 Å². The molecule has 0 saturated heterocycles. The van der Waals surface area contributed by atoms with Gasteiger partial charge in [0.05, 0.1) is 48.7 Å². The van der Waals surface area contributed by atoms with Gasteiger partial charge in [-0.2, -0.15) is 4.68 Å². The second kappa shape index (κ2) is 21.7. The summed E-state index contributed by atoms with van der Waals surface area (Å²) in [5, 5.41) is 29.8. The van der Waals surface area contributed by atoms with Crippen molar-refractivity contribution in [3.8, 4) is 11.5 Å². The van der Waals surface area contributed by atoms with Gasteiger partial charge in [0.25, 0.3) is 11.2 Å². The van der Waals surface area contributed by atoms with Crippen molar-refractivity contribution in [1.29, 1.82) is 0 Å². The van der Waals surface area contributed by atoms with E-state index in [1.165, 1.54) is 30.0 Å². The fraction of sp³-hybridized carbons (Fsp3) is 0.393. The number of methoxy groups -OCH3 is 1. The van der Waals surface area contributed by atoms with E-state index in [4.69, 9.17) is 43.8 Å². The summed E-state index contributed by atoms with van der Waals surface area (Å²) in [4.78, 5) is 61.4. The summed E-state index contributed by atoms with van der Waals surface area (Å²) < 4.78 is 21.0. The van der Waals surface area contributed by atoms with Gasteiger partial charge >= 0.3 is 11.9 Å². The van der Waals surface area contributed by atoms with Gasteiger partial charge in [-0.1, -0.05) is 55.7 Å². The third-order valence-corrected chi connectivity index (χ3v) is 6.83. The van der Waals surface area contributed by atoms with Gasteiger partial charge in [-0.15, -0.1) is 10.2 Å². The number of carboxylic acid groups (broad SMARTS) is 1. The summed E-state index contributed by atoms with van der Waals surface area (Å²) in [6.07, 6.45) is 7.67. The van der Waals surface area contributed by atoms with Crippen LogP contribution in [0.1, 0.15) is 36.8 Å². The number of nitro benzene ring substituents is 1. The molecule has 1 unspecified atom stereocenters. The first-order chi connectivity index (χ1) is 22.9. The number of hydrogen-bond acceptors (Lipinski definition) is 14. The molecule has 0 aliphatic carbocycles. The van der Waals surface area contributed by atoms with Crippen molar-refractivity contribution in [3.05, 3.63) is 78.2 Å². The van der Waals surface area contributed by atoms with Gasteiger partial charge in [-0.05, 0) is 41.4 Å². The summed E-state index contributed by atoms with van der Waals surface area (Å²) in [6.45, 7) is 5.22. The maximum Gasteiger partial charge on any atom is 0.345 e. The van der Waals surface area contributed by atoms with Crippen LogP contribution < -0.4 is 26.3 Å². The molecule has 1 heterocycles. The number of halogens is 2. The average Bonchev–Trinajstić information content (AvgIpc) is 2.98. The highest BCUT2D eigenvalue weighted by Crippen LogP contribution is 2.33. The van der Waals surface area contributed by atoms with Crippen LogP contribution in [0, 0.1) is 10.1 Å². The number of aliphatic carboxylic acids is 1. The number of nitrogens with zero attached hydrogens (tertiary/aromatic N) is 4. The van der Waals surface area contributed by atoms with E-state index in [9.17, 15) is 34.0 Å². The number of nitrogen functional groups attached to an aromatic ring is 1. The normalized spacial score (nSPS) is 11.7. The van der Waals surface area contributed by atoms with Crippen LogP contribution in [0.5, 0.6) is 11.5 Å². The monoisotopic (exact) mass is 800 g/mol. The first-order valence-corrected chi connectivity index (χ1v) is 19.9. The van der Waals surface area contributed by atoms with Crippen molar-refractivity contribution in [2.24, 2.45) is 0 Å². The second-order valence-corrected chi connectivity index (χ2v) is 16.6. The van der Waals surface area contributed by atoms with Gasteiger partial charge < -0.3 is 34.8 Å². The molecular formula is C28H39Cl2N6O11PS2. The van der Waals surface area contributed by atoms with Crippen molar-refractivity contribution in [2.75, 3.05) is 50.8 Å². The van der Waals surface area contributed by atoms with Gasteiger partial charge in [0.1, 0.15) is 30.4 Å². The standard InChI is InChI=1S/C14H9Cl2NO5.C8H14N4OS.C3H8NO5P.C3H9S/c1-21-14(18)10-7-9(3-4-12(10)17(19)20)22-13-5-2-8(15)6-11(13)16;1-8(2,3)5-6(13)12(9)7(14-4)11-10-5;5-3(6)1-4-2-10(7,8)9;1-4(2)3/h2-7H,1H3;9H2,1-4H3;4H,1-2H2,(H,5,6)(H2,7,8,9);1-3H3/q;;;+1/p-1. The van der Waals surface area contributed by atoms with Gasteiger partial charge in [-0.25, -0.2) is 4.79 Å². The van der Waals surface area contributed by atoms with E-state index in [-0.39, 0.29) is 33.0 Å². The van der Waals surface area contributed by atoms with Crippen molar-refractivity contribution in [1.82, 2.24) is 20.2 Å². The maximum absolute atomic E-state index is 11.7. The molecule has 278 valence electrons. The Morgan fingerprint density at radius 3 is 2.18 bits per heavy atom. The van der Waals surface area contributed by atoms with Crippen LogP contribution in [0.2, 0.25) is 10.0 Å². The summed E-state index contributed by atoms with van der Waals surface area (Å²) in [6, 6.07) is 8.35. The number of ether oxygens (including phenoxy) is 2. The van der Waals surface area contributed by atoms with Crippen LogP contribution in [0.25, 0.3) is 0 Å². The molecule has 1 aromatic heterocycles. The molecule has 3 rings (SSSR count). The zero-order chi connectivity index (χ0) is 39.0. The maximum atomic E-state index is 11.7. The fourth-order valence-electron chi connectivity index (χ4n) is 3.00. The van der Waals surface area contributed by atoms with E-state index in [1.54, 1.807) is 18.4 Å². The van der Waals surface area contributed by atoms with E-state index in [0.717, 1.165) is 17.9 Å². The molecule has 0 amide bonds. The molecule has 50 heavy (non-hydrogen) atoms. The van der Waals surface area contributed by atoms with Crippen LogP contribution >= 0.6 is 42.6 Å². The number of nitro groups is 1. The minimum Gasteiger partial charge on any atom is -0.778 e. The lowest BCUT2D eigenvalue weighted by Crippen LogP contribution is -2.37. The van der Waals surface area contributed by atoms with Gasteiger partial charge in [-0.3, -0.25) is 25.0 Å². The van der Waals surface area contributed by atoms with E-state index in [2.05, 4.69) is 33.7 Å². The first kappa shape index (κ1) is 46.6. The quantitative estimate of drug-likeness (QED) is 0.0459. The molecule has 22 heteroatoms. The number of rotatable bonds is 9. The molecule has 2 aromatic carbocycles. The minimum atomic E-state index is -4.35. The molecule has 0 aliphatic heterocycles. The summed E-state index contributed by atoms with van der Waals surface area (Å²) in [5.41, 5.74) is -0.812. The molecular weight excluding hydrogens is 762 g/mol. The lowest BCUT2D eigenvalue weighted by molar-refractivity contribution is -0.385. The van der Waals surface area contributed by atoms with Crippen molar-refractivity contribution < 1.29 is 43.4 Å². The lowest BCUT2D eigenvalue weighted by atomic mass is 9.93. The average molecular weight is 802 g/mol. The topological polar surface area (TPSA) is 262 Å². The number of nitrogens with one attached hydrogen (secondary N) is 1. The van der Waals surface area contributed by atoms with Crippen molar-refractivity contribution in [2.45, 2.75) is 31.3 Å². The molecule has 17 nitrogen and oxygen atoms in total. The Hall–Kier alpha value is -3.42. The van der Waals surface area contributed by atoms with Crippen LogP contribution in [0.15, 0.2) is 46.3 Å². The van der Waals surface area contributed by atoms with Crippen molar-refractivity contribution >= 4 is 71.1 Å². The number of aromatic nitrogens is 3.